The summed E-state index contributed by atoms with van der Waals surface area (Å²) in [4.78, 5) is 22.0. The maximum atomic E-state index is 12.8. The molecule has 4 aromatic rings. The fourth-order valence-electron chi connectivity index (χ4n) is 2.72. The number of fused-ring (bicyclic) bond motifs is 1. The minimum absolute atomic E-state index is 0.221. The van der Waals surface area contributed by atoms with Gasteiger partial charge in [0.15, 0.2) is 5.69 Å². The van der Waals surface area contributed by atoms with Gasteiger partial charge in [-0.25, -0.2) is 15.4 Å². The van der Waals surface area contributed by atoms with E-state index < -0.39 is 5.91 Å². The van der Waals surface area contributed by atoms with Crippen molar-refractivity contribution >= 4 is 34.8 Å². The number of nitrogens with one attached hydrogen (secondary N) is 1. The van der Waals surface area contributed by atoms with Gasteiger partial charge in [0.1, 0.15) is 5.69 Å². The molecule has 1 N–H and O–H groups in total. The molecule has 0 aliphatic heterocycles. The zero-order valence-corrected chi connectivity index (χ0v) is 15.5. The van der Waals surface area contributed by atoms with Crippen LogP contribution in [0.15, 0.2) is 84.0 Å². The van der Waals surface area contributed by atoms with E-state index in [1.165, 1.54) is 0 Å². The number of hydrogen-bond donors (Lipinski definition) is 1. The molecule has 28 heavy (non-hydrogen) atoms. The van der Waals surface area contributed by atoms with Crippen LogP contribution in [0.5, 0.6) is 0 Å². The second kappa shape index (κ2) is 7.98. The second-order valence-electron chi connectivity index (χ2n) is 6.03. The van der Waals surface area contributed by atoms with Crippen LogP contribution in [0.2, 0.25) is 5.02 Å². The monoisotopic (exact) mass is 386 g/mol. The van der Waals surface area contributed by atoms with Crippen molar-refractivity contribution in [3.05, 3.63) is 95.1 Å². The molecule has 0 saturated heterocycles. The van der Waals surface area contributed by atoms with Crippen LogP contribution in [0.3, 0.4) is 0 Å². The van der Waals surface area contributed by atoms with E-state index in [4.69, 9.17) is 11.6 Å². The third kappa shape index (κ3) is 3.89. The smallest absolute Gasteiger partial charge is 0.265 e. The highest BCUT2D eigenvalue weighted by molar-refractivity contribution is 6.30. The molecule has 0 spiro atoms. The minimum atomic E-state index is -0.428. The summed E-state index contributed by atoms with van der Waals surface area (Å²) in [7, 11) is 0. The van der Waals surface area contributed by atoms with Crippen LogP contribution in [-0.2, 0) is 0 Å². The summed E-state index contributed by atoms with van der Waals surface area (Å²) in [6.45, 7) is 0. The first-order valence-corrected chi connectivity index (χ1v) is 9.00. The van der Waals surface area contributed by atoms with E-state index in [1.54, 1.807) is 18.3 Å². The van der Waals surface area contributed by atoms with Gasteiger partial charge >= 0.3 is 0 Å². The number of hydrazone groups is 1. The number of carbonyl (C=O) groups is 1. The summed E-state index contributed by atoms with van der Waals surface area (Å²) in [5.41, 5.74) is 6.27. The number of hydrogen-bond acceptors (Lipinski definition) is 4. The Morgan fingerprint density at radius 1 is 0.857 bits per heavy atom. The summed E-state index contributed by atoms with van der Waals surface area (Å²) < 4.78 is 0. The predicted molar refractivity (Wildman–Crippen MR) is 111 cm³/mol. The molecule has 0 aliphatic rings. The van der Waals surface area contributed by atoms with Gasteiger partial charge in [0, 0.05) is 10.6 Å². The molecule has 0 aliphatic carbocycles. The van der Waals surface area contributed by atoms with Gasteiger partial charge in [0.25, 0.3) is 5.91 Å². The first-order chi connectivity index (χ1) is 13.7. The van der Waals surface area contributed by atoms with Gasteiger partial charge in [0.05, 0.1) is 17.2 Å². The number of nitrogens with zero attached hydrogens (tertiary/aromatic N) is 3. The summed E-state index contributed by atoms with van der Waals surface area (Å²) in [5.74, 6) is -0.428. The Morgan fingerprint density at radius 2 is 1.50 bits per heavy atom. The molecule has 0 atom stereocenters. The van der Waals surface area contributed by atoms with E-state index in [9.17, 15) is 4.79 Å². The number of para-hydroxylation sites is 2. The fraction of sp³-hybridized carbons (Fsp3) is 0. The van der Waals surface area contributed by atoms with Crippen molar-refractivity contribution in [1.82, 2.24) is 15.4 Å². The average Bonchev–Trinajstić information content (AvgIpc) is 2.75. The number of amides is 1. The molecule has 5 nitrogen and oxygen atoms in total. The third-order valence-electron chi connectivity index (χ3n) is 4.08. The SMILES string of the molecule is O=C(N/N=C/c1ccc(Cl)cc1)c1nc2ccccc2nc1-c1ccccc1. The van der Waals surface area contributed by atoms with Crippen LogP contribution >= 0.6 is 11.6 Å². The van der Waals surface area contributed by atoms with Gasteiger partial charge in [-0.2, -0.15) is 5.10 Å². The predicted octanol–water partition coefficient (Wildman–Crippen LogP) is 4.71. The molecule has 0 bridgehead atoms. The Balaban J connectivity index is 1.68. The van der Waals surface area contributed by atoms with Crippen molar-refractivity contribution in [3.63, 3.8) is 0 Å². The molecule has 1 heterocycles. The zero-order chi connectivity index (χ0) is 19.3. The molecular formula is C22H15ClN4O. The molecule has 136 valence electrons. The molecule has 3 aromatic carbocycles. The van der Waals surface area contributed by atoms with Crippen molar-refractivity contribution in [2.45, 2.75) is 0 Å². The Kier molecular flexibility index (Phi) is 5.08. The number of carbonyl (C=O) groups excluding carboxylic acids is 1. The van der Waals surface area contributed by atoms with Crippen LogP contribution in [-0.4, -0.2) is 22.1 Å². The fourth-order valence-corrected chi connectivity index (χ4v) is 2.85. The van der Waals surface area contributed by atoms with Crippen molar-refractivity contribution in [2.75, 3.05) is 0 Å². The maximum absolute atomic E-state index is 12.8. The highest BCUT2D eigenvalue weighted by atomic mass is 35.5. The molecular weight excluding hydrogens is 372 g/mol. The van der Waals surface area contributed by atoms with Gasteiger partial charge in [-0.1, -0.05) is 66.2 Å². The van der Waals surface area contributed by atoms with Crippen LogP contribution in [0.1, 0.15) is 16.1 Å². The van der Waals surface area contributed by atoms with E-state index in [2.05, 4.69) is 20.5 Å². The molecule has 0 fully saturated rings. The van der Waals surface area contributed by atoms with Crippen LogP contribution in [0.25, 0.3) is 22.3 Å². The van der Waals surface area contributed by atoms with Gasteiger partial charge in [-0.3, -0.25) is 4.79 Å². The lowest BCUT2D eigenvalue weighted by Gasteiger charge is -2.09. The first-order valence-electron chi connectivity index (χ1n) is 8.62. The summed E-state index contributed by atoms with van der Waals surface area (Å²) in [6, 6.07) is 24.1. The standard InChI is InChI=1S/C22H15ClN4O/c23-17-12-10-15(11-13-17)14-24-27-22(28)21-20(16-6-2-1-3-7-16)25-18-8-4-5-9-19(18)26-21/h1-14H,(H,27,28)/b24-14+. The van der Waals surface area contributed by atoms with E-state index >= 15 is 0 Å². The molecule has 0 saturated carbocycles. The zero-order valence-electron chi connectivity index (χ0n) is 14.7. The van der Waals surface area contributed by atoms with E-state index in [1.807, 2.05) is 66.7 Å². The van der Waals surface area contributed by atoms with Crippen LogP contribution < -0.4 is 5.43 Å². The Morgan fingerprint density at radius 3 is 2.21 bits per heavy atom. The number of benzene rings is 3. The Labute approximate surface area is 166 Å². The minimum Gasteiger partial charge on any atom is -0.265 e. The largest absolute Gasteiger partial charge is 0.292 e. The highest BCUT2D eigenvalue weighted by Gasteiger charge is 2.17. The van der Waals surface area contributed by atoms with Crippen molar-refractivity contribution in [2.24, 2.45) is 5.10 Å². The average molecular weight is 387 g/mol. The maximum Gasteiger partial charge on any atom is 0.292 e. The number of rotatable bonds is 4. The van der Waals surface area contributed by atoms with E-state index in [0.29, 0.717) is 16.2 Å². The van der Waals surface area contributed by atoms with Gasteiger partial charge < -0.3 is 0 Å². The van der Waals surface area contributed by atoms with Gasteiger partial charge in [0.2, 0.25) is 0 Å². The van der Waals surface area contributed by atoms with Crippen molar-refractivity contribution in [1.29, 1.82) is 0 Å². The van der Waals surface area contributed by atoms with Crippen LogP contribution in [0, 0.1) is 0 Å². The summed E-state index contributed by atoms with van der Waals surface area (Å²) in [5, 5.41) is 4.67. The van der Waals surface area contributed by atoms with E-state index in [0.717, 1.165) is 16.6 Å². The Hall–Kier alpha value is -3.57. The quantitative estimate of drug-likeness (QED) is 0.408. The highest BCUT2D eigenvalue weighted by Crippen LogP contribution is 2.23. The number of aromatic nitrogens is 2. The molecule has 1 aromatic heterocycles. The normalized spacial score (nSPS) is 11.0. The lowest BCUT2D eigenvalue weighted by Crippen LogP contribution is -2.20. The molecule has 6 heteroatoms. The lowest BCUT2D eigenvalue weighted by atomic mass is 10.1. The van der Waals surface area contributed by atoms with Crippen LogP contribution in [0.4, 0.5) is 0 Å². The summed E-state index contributed by atoms with van der Waals surface area (Å²) in [6.07, 6.45) is 1.55. The van der Waals surface area contributed by atoms with Gasteiger partial charge in [-0.05, 0) is 29.8 Å². The Bertz CT molecular complexity index is 1160. The van der Waals surface area contributed by atoms with E-state index in [-0.39, 0.29) is 5.69 Å². The third-order valence-corrected chi connectivity index (χ3v) is 4.33. The molecule has 1 amide bonds. The molecule has 0 unspecified atom stereocenters. The topological polar surface area (TPSA) is 67.2 Å². The molecule has 0 radical (unpaired) electrons. The first kappa shape index (κ1) is 17.8. The van der Waals surface area contributed by atoms with Gasteiger partial charge in [-0.15, -0.1) is 0 Å². The molecule has 4 rings (SSSR count). The van der Waals surface area contributed by atoms with Crippen molar-refractivity contribution in [3.8, 4) is 11.3 Å². The summed E-state index contributed by atoms with van der Waals surface area (Å²) >= 11 is 5.87. The number of halogens is 1. The van der Waals surface area contributed by atoms with Crippen molar-refractivity contribution < 1.29 is 4.79 Å². The lowest BCUT2D eigenvalue weighted by molar-refractivity contribution is 0.0951. The second-order valence-corrected chi connectivity index (χ2v) is 6.46.